The molecule has 1 aromatic rings. The zero-order valence-corrected chi connectivity index (χ0v) is 12.8. The fourth-order valence-corrected chi connectivity index (χ4v) is 3.33. The highest BCUT2D eigenvalue weighted by atomic mass is 32.1. The Labute approximate surface area is 119 Å². The number of likely N-dealkylation sites (tertiary alicyclic amines) is 1. The summed E-state index contributed by atoms with van der Waals surface area (Å²) in [5.41, 5.74) is 6.64. The minimum Gasteiger partial charge on any atom is -0.368 e. The minimum absolute atomic E-state index is 0.0912. The summed E-state index contributed by atoms with van der Waals surface area (Å²) < 4.78 is 0. The van der Waals surface area contributed by atoms with E-state index in [0.29, 0.717) is 0 Å². The largest absolute Gasteiger partial charge is 0.368 e. The summed E-state index contributed by atoms with van der Waals surface area (Å²) in [6.07, 6.45) is 3.11. The smallest absolute Gasteiger partial charge is 0.234 e. The number of rotatable bonds is 3. The number of piperidine rings is 1. The van der Waals surface area contributed by atoms with Gasteiger partial charge in [0.25, 0.3) is 0 Å². The minimum atomic E-state index is -0.203. The van der Waals surface area contributed by atoms with Crippen LogP contribution in [0.3, 0.4) is 0 Å². The maximum atomic E-state index is 11.5. The highest BCUT2D eigenvalue weighted by Crippen LogP contribution is 2.27. The molecule has 1 fully saturated rings. The molecule has 1 aliphatic rings. The van der Waals surface area contributed by atoms with Gasteiger partial charge in [-0.3, -0.25) is 9.69 Å². The Hall–Kier alpha value is -0.940. The van der Waals surface area contributed by atoms with Crippen LogP contribution in [0.4, 0.5) is 0 Å². The van der Waals surface area contributed by atoms with Gasteiger partial charge >= 0.3 is 0 Å². The van der Waals surface area contributed by atoms with Crippen LogP contribution in [-0.2, 0) is 16.8 Å². The molecule has 0 spiro atoms. The highest BCUT2D eigenvalue weighted by Gasteiger charge is 2.27. The Kier molecular flexibility index (Phi) is 4.26. The summed E-state index contributed by atoms with van der Waals surface area (Å²) in [4.78, 5) is 18.4. The zero-order valence-electron chi connectivity index (χ0n) is 12.0. The van der Waals surface area contributed by atoms with Crippen LogP contribution in [0.5, 0.6) is 0 Å². The molecule has 106 valence electrons. The second-order valence-corrected chi connectivity index (χ2v) is 7.14. The Balaban J connectivity index is 2.07. The van der Waals surface area contributed by atoms with E-state index >= 15 is 0 Å². The van der Waals surface area contributed by atoms with E-state index in [2.05, 4.69) is 31.1 Å². The second kappa shape index (κ2) is 5.59. The summed E-state index contributed by atoms with van der Waals surface area (Å²) >= 11 is 1.70. The van der Waals surface area contributed by atoms with Crippen molar-refractivity contribution in [1.82, 2.24) is 9.88 Å². The van der Waals surface area contributed by atoms with Gasteiger partial charge in [0, 0.05) is 17.3 Å². The summed E-state index contributed by atoms with van der Waals surface area (Å²) in [5.74, 6) is -0.203. The lowest BCUT2D eigenvalue weighted by Crippen LogP contribution is -2.47. The zero-order chi connectivity index (χ0) is 14.0. The van der Waals surface area contributed by atoms with Crippen LogP contribution in [0.25, 0.3) is 0 Å². The Morgan fingerprint density at radius 3 is 2.84 bits per heavy atom. The molecule has 0 bridgehead atoms. The predicted molar refractivity (Wildman–Crippen MR) is 78.1 cm³/mol. The number of hydrogen-bond donors (Lipinski definition) is 1. The van der Waals surface area contributed by atoms with Gasteiger partial charge in [-0.2, -0.15) is 0 Å². The van der Waals surface area contributed by atoms with E-state index in [0.717, 1.165) is 43.1 Å². The van der Waals surface area contributed by atoms with Crippen molar-refractivity contribution in [2.75, 3.05) is 6.54 Å². The molecule has 1 aromatic heterocycles. The normalized spacial score (nSPS) is 21.5. The van der Waals surface area contributed by atoms with E-state index in [4.69, 9.17) is 10.7 Å². The lowest BCUT2D eigenvalue weighted by molar-refractivity contribution is -0.124. The molecule has 1 aliphatic heterocycles. The van der Waals surface area contributed by atoms with Gasteiger partial charge in [0.05, 0.1) is 16.7 Å². The van der Waals surface area contributed by atoms with Gasteiger partial charge in [0.1, 0.15) is 0 Å². The number of primary amides is 1. The van der Waals surface area contributed by atoms with E-state index in [-0.39, 0.29) is 17.4 Å². The number of amides is 1. The third-order valence-electron chi connectivity index (χ3n) is 3.50. The van der Waals surface area contributed by atoms with Gasteiger partial charge in [-0.05, 0) is 19.4 Å². The molecular weight excluding hydrogens is 258 g/mol. The summed E-state index contributed by atoms with van der Waals surface area (Å²) in [6, 6.07) is -0.117. The van der Waals surface area contributed by atoms with Crippen LogP contribution in [0.2, 0.25) is 0 Å². The van der Waals surface area contributed by atoms with Crippen LogP contribution in [0.15, 0.2) is 5.38 Å². The highest BCUT2D eigenvalue weighted by molar-refractivity contribution is 7.09. The monoisotopic (exact) mass is 281 g/mol. The molecule has 0 unspecified atom stereocenters. The summed E-state index contributed by atoms with van der Waals surface area (Å²) in [7, 11) is 0. The van der Waals surface area contributed by atoms with Crippen LogP contribution >= 0.6 is 11.3 Å². The molecule has 5 heteroatoms. The van der Waals surface area contributed by atoms with Gasteiger partial charge < -0.3 is 5.73 Å². The first-order chi connectivity index (χ1) is 8.88. The van der Waals surface area contributed by atoms with Crippen molar-refractivity contribution in [3.05, 3.63) is 16.1 Å². The summed E-state index contributed by atoms with van der Waals surface area (Å²) in [5, 5.41) is 3.25. The molecule has 2 rings (SSSR count). The van der Waals surface area contributed by atoms with Crippen LogP contribution in [0.1, 0.15) is 50.7 Å². The number of carbonyl (C=O) groups is 1. The maximum absolute atomic E-state index is 11.5. The molecule has 0 aromatic carbocycles. The number of nitrogens with zero attached hydrogens (tertiary/aromatic N) is 2. The lowest BCUT2D eigenvalue weighted by Gasteiger charge is -2.32. The standard InChI is InChI=1S/C14H23N3OS/c1-14(2,3)13-16-10(9-19-13)8-17-7-5-4-6-11(17)12(15)18/h9,11H,4-8H2,1-3H3,(H2,15,18)/t11-/m1/s1. The van der Waals surface area contributed by atoms with Gasteiger partial charge in [0.2, 0.25) is 5.91 Å². The summed E-state index contributed by atoms with van der Waals surface area (Å²) in [6.45, 7) is 8.18. The first-order valence-corrected chi connectivity index (χ1v) is 7.74. The van der Waals surface area contributed by atoms with Crippen LogP contribution < -0.4 is 5.73 Å². The molecular formula is C14H23N3OS. The number of nitrogens with two attached hydrogens (primary N) is 1. The molecule has 0 saturated carbocycles. The van der Waals surface area contributed by atoms with Gasteiger partial charge in [-0.1, -0.05) is 27.2 Å². The molecule has 1 atom stereocenters. The third kappa shape index (κ3) is 3.54. The fourth-order valence-electron chi connectivity index (χ4n) is 2.43. The molecule has 2 heterocycles. The Morgan fingerprint density at radius 1 is 1.53 bits per heavy atom. The number of thiazole rings is 1. The molecule has 2 N–H and O–H groups in total. The molecule has 19 heavy (non-hydrogen) atoms. The van der Waals surface area contributed by atoms with Crippen molar-refractivity contribution in [1.29, 1.82) is 0 Å². The van der Waals surface area contributed by atoms with Gasteiger partial charge in [-0.25, -0.2) is 4.98 Å². The topological polar surface area (TPSA) is 59.2 Å². The molecule has 1 amide bonds. The van der Waals surface area contributed by atoms with E-state index in [1.54, 1.807) is 11.3 Å². The first kappa shape index (κ1) is 14.5. The fraction of sp³-hybridized carbons (Fsp3) is 0.714. The van der Waals surface area contributed by atoms with Crippen molar-refractivity contribution in [2.45, 2.75) is 58.0 Å². The second-order valence-electron chi connectivity index (χ2n) is 6.28. The maximum Gasteiger partial charge on any atom is 0.234 e. The predicted octanol–water partition coefficient (Wildman–Crippen LogP) is 2.28. The van der Waals surface area contributed by atoms with Crippen molar-refractivity contribution >= 4 is 17.2 Å². The van der Waals surface area contributed by atoms with Crippen molar-refractivity contribution in [3.8, 4) is 0 Å². The number of hydrogen-bond acceptors (Lipinski definition) is 4. The van der Waals surface area contributed by atoms with Crippen LogP contribution in [0, 0.1) is 0 Å². The number of carbonyl (C=O) groups excluding carboxylic acids is 1. The van der Waals surface area contributed by atoms with E-state index < -0.39 is 0 Å². The van der Waals surface area contributed by atoms with Crippen molar-refractivity contribution in [3.63, 3.8) is 0 Å². The Bertz CT molecular complexity index is 450. The Morgan fingerprint density at radius 2 is 2.26 bits per heavy atom. The third-order valence-corrected chi connectivity index (χ3v) is 4.82. The first-order valence-electron chi connectivity index (χ1n) is 6.86. The average molecular weight is 281 g/mol. The van der Waals surface area contributed by atoms with Crippen LogP contribution in [-0.4, -0.2) is 28.4 Å². The van der Waals surface area contributed by atoms with Gasteiger partial charge in [0.15, 0.2) is 0 Å². The van der Waals surface area contributed by atoms with Crippen molar-refractivity contribution in [2.24, 2.45) is 5.73 Å². The van der Waals surface area contributed by atoms with E-state index in [9.17, 15) is 4.79 Å². The lowest BCUT2D eigenvalue weighted by atomic mass is 9.98. The van der Waals surface area contributed by atoms with Crippen molar-refractivity contribution < 1.29 is 4.79 Å². The van der Waals surface area contributed by atoms with Gasteiger partial charge in [-0.15, -0.1) is 11.3 Å². The van der Waals surface area contributed by atoms with E-state index in [1.165, 1.54) is 0 Å². The average Bonchev–Trinajstić information content (AvgIpc) is 2.77. The molecule has 0 radical (unpaired) electrons. The SMILES string of the molecule is CC(C)(C)c1nc(CN2CCCC[C@@H]2C(N)=O)cs1. The molecule has 0 aliphatic carbocycles. The van der Waals surface area contributed by atoms with E-state index in [1.807, 2.05) is 0 Å². The quantitative estimate of drug-likeness (QED) is 0.924. The molecule has 4 nitrogen and oxygen atoms in total. The molecule has 1 saturated heterocycles. The number of aromatic nitrogens is 1.